The lowest BCUT2D eigenvalue weighted by molar-refractivity contribution is 0.109. The van der Waals surface area contributed by atoms with E-state index in [1.54, 1.807) is 0 Å². The number of nitrogens with two attached hydrogens (primary N) is 1. The summed E-state index contributed by atoms with van der Waals surface area (Å²) < 4.78 is 7.76. The molecule has 0 aromatic carbocycles. The molecular weight excluding hydrogens is 204 g/mol. The Hall–Kier alpha value is -0.940. The van der Waals surface area contributed by atoms with Crippen molar-refractivity contribution in [3.8, 4) is 0 Å². The molecule has 0 amide bonds. The quantitative estimate of drug-likeness (QED) is 0.806. The Morgan fingerprint density at radius 1 is 1.44 bits per heavy atom. The van der Waals surface area contributed by atoms with Crippen LogP contribution in [0.25, 0.3) is 0 Å². The molecule has 0 spiro atoms. The molecule has 90 valence electrons. The summed E-state index contributed by atoms with van der Waals surface area (Å²) in [5.74, 6) is 1.91. The van der Waals surface area contributed by atoms with E-state index in [0.717, 1.165) is 50.5 Å². The topological polar surface area (TPSA) is 66.0 Å². The highest BCUT2D eigenvalue weighted by atomic mass is 16.5. The molecular formula is C11H20N4O. The number of aromatic nitrogens is 3. The molecule has 16 heavy (non-hydrogen) atoms. The van der Waals surface area contributed by atoms with Gasteiger partial charge < -0.3 is 15.0 Å². The summed E-state index contributed by atoms with van der Waals surface area (Å²) in [6.45, 7) is 4.44. The fourth-order valence-electron chi connectivity index (χ4n) is 2.17. The van der Waals surface area contributed by atoms with Crippen LogP contribution in [0.4, 0.5) is 0 Å². The van der Waals surface area contributed by atoms with Crippen LogP contribution in [0.3, 0.4) is 0 Å². The van der Waals surface area contributed by atoms with E-state index in [-0.39, 0.29) is 0 Å². The van der Waals surface area contributed by atoms with Crippen molar-refractivity contribution in [2.75, 3.05) is 6.61 Å². The van der Waals surface area contributed by atoms with Gasteiger partial charge in [0, 0.05) is 19.6 Å². The van der Waals surface area contributed by atoms with E-state index in [1.165, 1.54) is 0 Å². The number of hydrogen-bond acceptors (Lipinski definition) is 4. The van der Waals surface area contributed by atoms with Crippen LogP contribution in [0.1, 0.15) is 37.8 Å². The molecule has 2 N–H and O–H groups in total. The Balaban J connectivity index is 2.09. The minimum atomic E-state index is 0.324. The lowest BCUT2D eigenvalue weighted by Gasteiger charge is -2.11. The zero-order chi connectivity index (χ0) is 11.4. The lowest BCUT2D eigenvalue weighted by Crippen LogP contribution is -2.16. The first-order valence-electron chi connectivity index (χ1n) is 6.07. The monoisotopic (exact) mass is 224 g/mol. The smallest absolute Gasteiger partial charge is 0.146 e. The van der Waals surface area contributed by atoms with Gasteiger partial charge in [-0.05, 0) is 19.3 Å². The van der Waals surface area contributed by atoms with Gasteiger partial charge in [0.2, 0.25) is 0 Å². The third-order valence-electron chi connectivity index (χ3n) is 2.97. The normalized spacial score (nSPS) is 20.5. The summed E-state index contributed by atoms with van der Waals surface area (Å²) in [4.78, 5) is 0. The Bertz CT molecular complexity index is 331. The van der Waals surface area contributed by atoms with Gasteiger partial charge in [-0.1, -0.05) is 6.92 Å². The maximum absolute atomic E-state index is 5.65. The van der Waals surface area contributed by atoms with Crippen LogP contribution in [0.2, 0.25) is 0 Å². The molecule has 1 saturated heterocycles. The maximum Gasteiger partial charge on any atom is 0.146 e. The van der Waals surface area contributed by atoms with Crippen molar-refractivity contribution in [3.05, 3.63) is 11.6 Å². The molecule has 1 aromatic rings. The highest BCUT2D eigenvalue weighted by molar-refractivity contribution is 4.98. The molecule has 0 bridgehead atoms. The van der Waals surface area contributed by atoms with E-state index in [2.05, 4.69) is 21.7 Å². The molecule has 0 radical (unpaired) electrons. The predicted octanol–water partition coefficient (Wildman–Crippen LogP) is 0.868. The lowest BCUT2D eigenvalue weighted by atomic mass is 10.2. The van der Waals surface area contributed by atoms with Gasteiger partial charge in [-0.25, -0.2) is 0 Å². The van der Waals surface area contributed by atoms with Gasteiger partial charge in [0.15, 0.2) is 0 Å². The average molecular weight is 224 g/mol. The molecule has 1 aromatic heterocycles. The number of nitrogens with zero attached hydrogens (tertiary/aromatic N) is 3. The predicted molar refractivity (Wildman–Crippen MR) is 60.9 cm³/mol. The molecule has 1 aliphatic heterocycles. The molecule has 1 atom stereocenters. The molecule has 5 heteroatoms. The van der Waals surface area contributed by atoms with E-state index >= 15 is 0 Å². The minimum Gasteiger partial charge on any atom is -0.378 e. The van der Waals surface area contributed by atoms with Crippen molar-refractivity contribution in [1.29, 1.82) is 0 Å². The fourth-order valence-corrected chi connectivity index (χ4v) is 2.17. The van der Waals surface area contributed by atoms with Crippen LogP contribution in [0.5, 0.6) is 0 Å². The van der Waals surface area contributed by atoms with Crippen LogP contribution in [-0.4, -0.2) is 27.5 Å². The van der Waals surface area contributed by atoms with Crippen LogP contribution in [0, 0.1) is 0 Å². The summed E-state index contributed by atoms with van der Waals surface area (Å²) in [6.07, 6.45) is 4.56. The second kappa shape index (κ2) is 5.41. The van der Waals surface area contributed by atoms with Crippen molar-refractivity contribution in [2.24, 2.45) is 5.73 Å². The van der Waals surface area contributed by atoms with Crippen LogP contribution in [0.15, 0.2) is 0 Å². The highest BCUT2D eigenvalue weighted by Crippen LogP contribution is 2.17. The number of rotatable bonds is 5. The second-order valence-corrected chi connectivity index (χ2v) is 4.23. The van der Waals surface area contributed by atoms with E-state index < -0.39 is 0 Å². The Kier molecular flexibility index (Phi) is 3.90. The minimum absolute atomic E-state index is 0.324. The first-order valence-corrected chi connectivity index (χ1v) is 6.07. The van der Waals surface area contributed by atoms with Gasteiger partial charge in [0.1, 0.15) is 11.6 Å². The zero-order valence-electron chi connectivity index (χ0n) is 9.85. The molecule has 1 unspecified atom stereocenters. The van der Waals surface area contributed by atoms with Crippen molar-refractivity contribution in [2.45, 2.75) is 51.8 Å². The first-order chi connectivity index (χ1) is 7.85. The second-order valence-electron chi connectivity index (χ2n) is 4.23. The fraction of sp³-hybridized carbons (Fsp3) is 0.818. The summed E-state index contributed by atoms with van der Waals surface area (Å²) >= 11 is 0. The third kappa shape index (κ3) is 2.41. The van der Waals surface area contributed by atoms with E-state index in [1.807, 2.05) is 0 Å². The van der Waals surface area contributed by atoms with Crippen LogP contribution < -0.4 is 5.73 Å². The van der Waals surface area contributed by atoms with Gasteiger partial charge in [-0.15, -0.1) is 10.2 Å². The molecule has 0 saturated carbocycles. The van der Waals surface area contributed by atoms with Gasteiger partial charge >= 0.3 is 0 Å². The Labute approximate surface area is 96.0 Å². The maximum atomic E-state index is 5.65. The molecule has 1 fully saturated rings. The molecule has 5 nitrogen and oxygen atoms in total. The van der Waals surface area contributed by atoms with E-state index in [4.69, 9.17) is 10.5 Å². The number of hydrogen-bond donors (Lipinski definition) is 1. The molecule has 2 heterocycles. The summed E-state index contributed by atoms with van der Waals surface area (Å²) in [7, 11) is 0. The van der Waals surface area contributed by atoms with Gasteiger partial charge in [0.25, 0.3) is 0 Å². The molecule has 2 rings (SSSR count). The first kappa shape index (κ1) is 11.5. The Morgan fingerprint density at radius 3 is 2.88 bits per heavy atom. The van der Waals surface area contributed by atoms with Crippen LogP contribution >= 0.6 is 0 Å². The van der Waals surface area contributed by atoms with Crippen molar-refractivity contribution < 1.29 is 4.74 Å². The zero-order valence-corrected chi connectivity index (χ0v) is 9.85. The third-order valence-corrected chi connectivity index (χ3v) is 2.97. The van der Waals surface area contributed by atoms with Crippen molar-refractivity contribution in [3.63, 3.8) is 0 Å². The molecule has 0 aliphatic carbocycles. The number of ether oxygens (including phenoxy) is 1. The summed E-state index contributed by atoms with van der Waals surface area (Å²) in [6, 6.07) is 0. The largest absolute Gasteiger partial charge is 0.378 e. The standard InChI is InChI=1S/C11H20N4O/c1-2-5-15-10(13-14-11(15)8-12)7-9-4-3-6-16-9/h9H,2-8,12H2,1H3. The van der Waals surface area contributed by atoms with Crippen molar-refractivity contribution >= 4 is 0 Å². The molecule has 1 aliphatic rings. The summed E-state index contributed by atoms with van der Waals surface area (Å²) in [5.41, 5.74) is 5.65. The van der Waals surface area contributed by atoms with Crippen molar-refractivity contribution in [1.82, 2.24) is 14.8 Å². The van der Waals surface area contributed by atoms with Gasteiger partial charge in [-0.2, -0.15) is 0 Å². The van der Waals surface area contributed by atoms with E-state index in [0.29, 0.717) is 12.6 Å². The average Bonchev–Trinajstić information content (AvgIpc) is 2.91. The SMILES string of the molecule is CCCn1c(CN)nnc1CC1CCCO1. The van der Waals surface area contributed by atoms with E-state index in [9.17, 15) is 0 Å². The van der Waals surface area contributed by atoms with Gasteiger partial charge in [-0.3, -0.25) is 0 Å². The van der Waals surface area contributed by atoms with Crippen LogP contribution in [-0.2, 0) is 24.2 Å². The van der Waals surface area contributed by atoms with Gasteiger partial charge in [0.05, 0.1) is 12.6 Å². The Morgan fingerprint density at radius 2 is 2.25 bits per heavy atom. The highest BCUT2D eigenvalue weighted by Gasteiger charge is 2.20. The summed E-state index contributed by atoms with van der Waals surface area (Å²) in [5, 5.41) is 8.35.